The molecule has 12 atom stereocenters. The normalized spacial score (nSPS) is 26.2. The molecule has 2 saturated heterocycles. The number of carbonyl (C=O) groups is 1. The van der Waals surface area contributed by atoms with Crippen molar-refractivity contribution in [2.45, 2.75) is 274 Å². The largest absolute Gasteiger partial charge is 0.394 e. The second-order valence-electron chi connectivity index (χ2n) is 19.7. The van der Waals surface area contributed by atoms with Crippen LogP contribution in [0.4, 0.5) is 0 Å². The summed E-state index contributed by atoms with van der Waals surface area (Å²) in [5.74, 6) is -0.263. The highest BCUT2D eigenvalue weighted by molar-refractivity contribution is 5.76. The summed E-state index contributed by atoms with van der Waals surface area (Å²) < 4.78 is 22.7. The van der Waals surface area contributed by atoms with E-state index >= 15 is 0 Å². The van der Waals surface area contributed by atoms with Crippen LogP contribution in [0.3, 0.4) is 0 Å². The molecule has 2 heterocycles. The molecule has 14 heteroatoms. The van der Waals surface area contributed by atoms with Gasteiger partial charge in [0.05, 0.1) is 32.0 Å². The van der Waals surface area contributed by atoms with Gasteiger partial charge < -0.3 is 65.1 Å². The van der Waals surface area contributed by atoms with Gasteiger partial charge in [-0.3, -0.25) is 4.79 Å². The maximum absolute atomic E-state index is 13.2. The number of ether oxygens (including phenoxy) is 4. The first-order valence-electron chi connectivity index (χ1n) is 28.0. The van der Waals surface area contributed by atoms with Crippen LogP contribution in [0.1, 0.15) is 200 Å². The number of unbranched alkanes of at least 4 members (excludes halogenated alkanes) is 22. The molecule has 1 amide bonds. The van der Waals surface area contributed by atoms with E-state index in [9.17, 15) is 45.6 Å². The summed E-state index contributed by atoms with van der Waals surface area (Å²) >= 11 is 0. The quantitative estimate of drug-likeness (QED) is 0.0206. The predicted octanol–water partition coefficient (Wildman–Crippen LogP) is 8.61. The van der Waals surface area contributed by atoms with Crippen LogP contribution < -0.4 is 5.32 Å². The van der Waals surface area contributed by atoms with Gasteiger partial charge in [0.1, 0.15) is 48.8 Å². The molecule has 2 rings (SSSR count). The van der Waals surface area contributed by atoms with Gasteiger partial charge in [-0.25, -0.2) is 0 Å². The number of aliphatic hydroxyl groups excluding tert-OH is 8. The van der Waals surface area contributed by atoms with Gasteiger partial charge in [0.25, 0.3) is 0 Å². The van der Waals surface area contributed by atoms with Crippen molar-refractivity contribution < 1.29 is 64.6 Å². The minimum absolute atomic E-state index is 0.259. The zero-order valence-corrected chi connectivity index (χ0v) is 43.9. The summed E-state index contributed by atoms with van der Waals surface area (Å²) in [4.78, 5) is 13.2. The number of amides is 1. The third-order valence-corrected chi connectivity index (χ3v) is 13.4. The van der Waals surface area contributed by atoms with Crippen molar-refractivity contribution in [1.82, 2.24) is 5.32 Å². The highest BCUT2D eigenvalue weighted by atomic mass is 16.7. The monoisotopic (exact) mass is 1010 g/mol. The summed E-state index contributed by atoms with van der Waals surface area (Å²) in [6.07, 6.45) is 36.8. The zero-order valence-electron chi connectivity index (χ0n) is 43.9. The van der Waals surface area contributed by atoms with E-state index in [2.05, 4.69) is 67.8 Å². The Morgan fingerprint density at radius 1 is 0.507 bits per heavy atom. The van der Waals surface area contributed by atoms with Crippen molar-refractivity contribution in [3.8, 4) is 0 Å². The third-order valence-electron chi connectivity index (χ3n) is 13.4. The van der Waals surface area contributed by atoms with Crippen molar-refractivity contribution >= 4 is 5.91 Å². The van der Waals surface area contributed by atoms with Gasteiger partial charge in [-0.15, -0.1) is 0 Å². The Kier molecular flexibility index (Phi) is 39.2. The fourth-order valence-corrected chi connectivity index (χ4v) is 8.82. The smallest absolute Gasteiger partial charge is 0.220 e. The lowest BCUT2D eigenvalue weighted by atomic mass is 9.97. The van der Waals surface area contributed by atoms with Gasteiger partial charge >= 0.3 is 0 Å². The molecule has 0 saturated carbocycles. The van der Waals surface area contributed by atoms with Gasteiger partial charge in [0.15, 0.2) is 12.6 Å². The van der Waals surface area contributed by atoms with Crippen LogP contribution >= 0.6 is 0 Å². The fraction of sp³-hybridized carbons (Fsp3) is 0.807. The fourth-order valence-electron chi connectivity index (χ4n) is 8.82. The van der Waals surface area contributed by atoms with Crippen molar-refractivity contribution in [3.05, 3.63) is 60.8 Å². The van der Waals surface area contributed by atoms with Gasteiger partial charge in [-0.2, -0.15) is 0 Å². The van der Waals surface area contributed by atoms with Crippen molar-refractivity contribution in [2.24, 2.45) is 0 Å². The number of allylic oxidation sites excluding steroid dienone is 9. The highest BCUT2D eigenvalue weighted by Gasteiger charge is 2.51. The zero-order chi connectivity index (χ0) is 51.7. The number of carbonyl (C=O) groups excluding carboxylic acids is 1. The van der Waals surface area contributed by atoms with E-state index in [1.165, 1.54) is 103 Å². The molecule has 0 bridgehead atoms. The van der Waals surface area contributed by atoms with Crippen molar-refractivity contribution in [2.75, 3.05) is 19.8 Å². The maximum atomic E-state index is 13.2. The molecular formula is C57H101NO13. The molecule has 0 aromatic rings. The Labute approximate surface area is 428 Å². The Balaban J connectivity index is 1.84. The second-order valence-corrected chi connectivity index (χ2v) is 19.7. The first-order chi connectivity index (χ1) is 34.6. The lowest BCUT2D eigenvalue weighted by Gasteiger charge is -2.46. The SMILES string of the molecule is CCCCCC/C=C\C/C=C\CCCCCCCCCC(=O)NC(COC1OC(CO)C(OC2OC(CO)C(O)C(O)C2O)C(O)C1O)C(O)/C=C/CC/C=C/CC/C=C/CCCCCCCCCCC. The molecule has 0 aliphatic carbocycles. The highest BCUT2D eigenvalue weighted by Crippen LogP contribution is 2.30. The van der Waals surface area contributed by atoms with Gasteiger partial charge in [0.2, 0.25) is 5.91 Å². The maximum Gasteiger partial charge on any atom is 0.220 e. The van der Waals surface area contributed by atoms with Crippen molar-refractivity contribution in [1.29, 1.82) is 0 Å². The average Bonchev–Trinajstić information content (AvgIpc) is 3.37. The Bertz CT molecular complexity index is 1420. The molecule has 412 valence electrons. The van der Waals surface area contributed by atoms with Gasteiger partial charge in [0, 0.05) is 6.42 Å². The molecule has 0 aromatic heterocycles. The molecule has 14 nitrogen and oxygen atoms in total. The van der Waals surface area contributed by atoms with Crippen molar-refractivity contribution in [3.63, 3.8) is 0 Å². The number of nitrogens with one attached hydrogen (secondary N) is 1. The molecule has 0 radical (unpaired) electrons. The van der Waals surface area contributed by atoms with E-state index in [1.54, 1.807) is 6.08 Å². The van der Waals surface area contributed by atoms with Crippen LogP contribution in [0.15, 0.2) is 60.8 Å². The van der Waals surface area contributed by atoms with Crippen LogP contribution in [0.5, 0.6) is 0 Å². The molecular weight excluding hydrogens is 907 g/mol. The van der Waals surface area contributed by atoms with Gasteiger partial charge in [-0.05, 0) is 77.0 Å². The van der Waals surface area contributed by atoms with E-state index in [4.69, 9.17) is 18.9 Å². The standard InChI is InChI=1S/C57H101NO13/c1-3-5-7-9-11-13-15-17-19-21-23-24-26-28-30-32-34-36-38-40-46(61)45(58-49(62)41-39-37-35-33-31-29-27-25-22-20-18-16-14-12-10-8-6-4-2)44-68-56-54(67)52(65)55(48(43-60)70-56)71-57-53(66)51(64)50(63)47(42-59)69-57/h14,16,20,22-24,30,32,38,40,45-48,50-57,59-61,63-67H,3-13,15,17-19,21,25-29,31,33-37,39,41-44H2,1-2H3,(H,58,62)/b16-14-,22-20-,24-23+,32-30+,40-38+. The molecule has 9 N–H and O–H groups in total. The molecule has 71 heavy (non-hydrogen) atoms. The van der Waals surface area contributed by atoms with E-state index in [-0.39, 0.29) is 18.9 Å². The Morgan fingerprint density at radius 2 is 0.944 bits per heavy atom. The van der Waals surface area contributed by atoms with Crippen LogP contribution in [-0.4, -0.2) is 140 Å². The predicted molar refractivity (Wildman–Crippen MR) is 281 cm³/mol. The van der Waals surface area contributed by atoms with E-state index in [1.807, 2.05) is 6.08 Å². The molecule has 2 fully saturated rings. The van der Waals surface area contributed by atoms with Gasteiger partial charge in [-0.1, -0.05) is 177 Å². The minimum atomic E-state index is -1.79. The molecule has 12 unspecified atom stereocenters. The van der Waals surface area contributed by atoms with Crippen LogP contribution in [0, 0.1) is 0 Å². The number of hydrogen-bond acceptors (Lipinski definition) is 13. The molecule has 2 aliphatic rings. The Hall–Kier alpha value is -2.31. The van der Waals surface area contributed by atoms with Crippen LogP contribution in [-0.2, 0) is 23.7 Å². The number of aliphatic hydroxyl groups is 8. The summed E-state index contributed by atoms with van der Waals surface area (Å²) in [5, 5.41) is 86.9. The summed E-state index contributed by atoms with van der Waals surface area (Å²) in [5.41, 5.74) is 0. The average molecular weight is 1010 g/mol. The lowest BCUT2D eigenvalue weighted by molar-refractivity contribution is -0.359. The van der Waals surface area contributed by atoms with E-state index in [0.717, 1.165) is 64.2 Å². The lowest BCUT2D eigenvalue weighted by Crippen LogP contribution is -2.65. The third kappa shape index (κ3) is 29.4. The molecule has 0 spiro atoms. The first-order valence-corrected chi connectivity index (χ1v) is 28.0. The minimum Gasteiger partial charge on any atom is -0.394 e. The van der Waals surface area contributed by atoms with E-state index < -0.39 is 86.8 Å². The summed E-state index contributed by atoms with van der Waals surface area (Å²) in [6.45, 7) is 2.74. The summed E-state index contributed by atoms with van der Waals surface area (Å²) in [6, 6.07) is -0.944. The molecule has 0 aromatic carbocycles. The topological polar surface area (TPSA) is 228 Å². The van der Waals surface area contributed by atoms with Crippen LogP contribution in [0.25, 0.3) is 0 Å². The molecule has 2 aliphatic heterocycles. The number of rotatable bonds is 43. The number of hydrogen-bond donors (Lipinski definition) is 9. The van der Waals surface area contributed by atoms with E-state index in [0.29, 0.717) is 12.8 Å². The first kappa shape index (κ1) is 64.8. The second kappa shape index (κ2) is 43.0. The van der Waals surface area contributed by atoms with Crippen LogP contribution in [0.2, 0.25) is 0 Å². The Morgan fingerprint density at radius 3 is 1.48 bits per heavy atom. The summed E-state index contributed by atoms with van der Waals surface area (Å²) in [7, 11) is 0.